The van der Waals surface area contributed by atoms with Gasteiger partial charge in [-0.25, -0.2) is 0 Å². The summed E-state index contributed by atoms with van der Waals surface area (Å²) in [6.07, 6.45) is 4.92. The molecule has 1 amide bonds. The highest BCUT2D eigenvalue weighted by molar-refractivity contribution is 5.94. The van der Waals surface area contributed by atoms with E-state index in [9.17, 15) is 4.79 Å². The van der Waals surface area contributed by atoms with E-state index in [1.165, 1.54) is 24.0 Å². The minimum Gasteiger partial charge on any atom is -0.491 e. The zero-order chi connectivity index (χ0) is 15.8. The van der Waals surface area contributed by atoms with E-state index in [1.807, 2.05) is 18.2 Å². The Morgan fingerprint density at radius 1 is 1.30 bits per heavy atom. The molecule has 1 saturated carbocycles. The fourth-order valence-electron chi connectivity index (χ4n) is 3.12. The number of pyridine rings is 1. The van der Waals surface area contributed by atoms with E-state index in [1.54, 1.807) is 12.3 Å². The number of nitrogens with zero attached hydrogens (tertiary/aromatic N) is 1. The number of hydrogen-bond donors (Lipinski definition) is 1. The predicted octanol–water partition coefficient (Wildman–Crippen LogP) is 3.00. The molecule has 2 aliphatic rings. The Morgan fingerprint density at radius 3 is 3.00 bits per heavy atom. The van der Waals surface area contributed by atoms with Crippen molar-refractivity contribution in [3.8, 4) is 5.75 Å². The standard InChI is InChI=1S/C19H20N2O2/c1-12-3-2-4-18-16(12)10-15(11-23-18)21-19(22)14-7-8-20-17(9-14)13-5-6-13/h2-4,7-9,13,15H,5-6,10-11H2,1H3,(H,21,22). The van der Waals surface area contributed by atoms with Crippen LogP contribution in [0.15, 0.2) is 36.5 Å². The highest BCUT2D eigenvalue weighted by atomic mass is 16.5. The number of aromatic nitrogens is 1. The third-order valence-corrected chi connectivity index (χ3v) is 4.63. The molecule has 1 unspecified atom stereocenters. The van der Waals surface area contributed by atoms with Crippen LogP contribution in [0.1, 0.15) is 45.9 Å². The molecule has 1 aliphatic carbocycles. The van der Waals surface area contributed by atoms with Gasteiger partial charge in [0.15, 0.2) is 0 Å². The summed E-state index contributed by atoms with van der Waals surface area (Å²) in [5.74, 6) is 1.45. The molecule has 0 radical (unpaired) electrons. The van der Waals surface area contributed by atoms with Gasteiger partial charge in [-0.1, -0.05) is 12.1 Å². The molecule has 0 bridgehead atoms. The molecule has 4 heteroatoms. The summed E-state index contributed by atoms with van der Waals surface area (Å²) in [7, 11) is 0. The molecule has 4 nitrogen and oxygen atoms in total. The highest BCUT2D eigenvalue weighted by Gasteiger charge is 2.26. The lowest BCUT2D eigenvalue weighted by Crippen LogP contribution is -2.43. The van der Waals surface area contributed by atoms with Crippen molar-refractivity contribution in [2.24, 2.45) is 0 Å². The maximum Gasteiger partial charge on any atom is 0.251 e. The molecule has 0 saturated heterocycles. The van der Waals surface area contributed by atoms with Gasteiger partial charge in [-0.2, -0.15) is 0 Å². The molecule has 4 rings (SSSR count). The zero-order valence-electron chi connectivity index (χ0n) is 13.2. The van der Waals surface area contributed by atoms with Gasteiger partial charge < -0.3 is 10.1 Å². The number of aryl methyl sites for hydroxylation is 1. The van der Waals surface area contributed by atoms with E-state index in [-0.39, 0.29) is 11.9 Å². The number of ether oxygens (including phenoxy) is 1. The van der Waals surface area contributed by atoms with Gasteiger partial charge in [0.1, 0.15) is 12.4 Å². The van der Waals surface area contributed by atoms with Gasteiger partial charge in [-0.3, -0.25) is 9.78 Å². The van der Waals surface area contributed by atoms with Crippen molar-refractivity contribution < 1.29 is 9.53 Å². The lowest BCUT2D eigenvalue weighted by atomic mass is 9.98. The second-order valence-corrected chi connectivity index (χ2v) is 6.48. The molecule has 2 aromatic rings. The number of carbonyl (C=O) groups is 1. The van der Waals surface area contributed by atoms with E-state index in [0.29, 0.717) is 18.1 Å². The number of nitrogens with one attached hydrogen (secondary N) is 1. The number of benzene rings is 1. The zero-order valence-corrected chi connectivity index (χ0v) is 13.2. The van der Waals surface area contributed by atoms with E-state index < -0.39 is 0 Å². The lowest BCUT2D eigenvalue weighted by molar-refractivity contribution is 0.0915. The van der Waals surface area contributed by atoms with E-state index in [4.69, 9.17) is 4.74 Å². The second-order valence-electron chi connectivity index (χ2n) is 6.48. The molecule has 23 heavy (non-hydrogen) atoms. The number of fused-ring (bicyclic) bond motifs is 1. The number of amides is 1. The third kappa shape index (κ3) is 2.93. The van der Waals surface area contributed by atoms with Crippen LogP contribution in [-0.2, 0) is 6.42 Å². The molecular formula is C19H20N2O2. The van der Waals surface area contributed by atoms with E-state index >= 15 is 0 Å². The normalized spacial score (nSPS) is 19.6. The number of rotatable bonds is 3. The van der Waals surface area contributed by atoms with Gasteiger partial charge in [-0.05, 0) is 55.5 Å². The van der Waals surface area contributed by atoms with Gasteiger partial charge in [0.2, 0.25) is 0 Å². The fourth-order valence-corrected chi connectivity index (χ4v) is 3.12. The third-order valence-electron chi connectivity index (χ3n) is 4.63. The molecule has 118 valence electrons. The molecule has 1 aromatic carbocycles. The van der Waals surface area contributed by atoms with Crippen LogP contribution in [0.25, 0.3) is 0 Å². The van der Waals surface area contributed by atoms with Crippen LogP contribution in [-0.4, -0.2) is 23.5 Å². The molecule has 1 fully saturated rings. The summed E-state index contributed by atoms with van der Waals surface area (Å²) < 4.78 is 5.80. The van der Waals surface area contributed by atoms with E-state index in [2.05, 4.69) is 23.3 Å². The molecular weight excluding hydrogens is 288 g/mol. The van der Waals surface area contributed by atoms with Crippen molar-refractivity contribution in [1.82, 2.24) is 10.3 Å². The summed E-state index contributed by atoms with van der Waals surface area (Å²) >= 11 is 0. The largest absolute Gasteiger partial charge is 0.491 e. The molecule has 2 heterocycles. The fraction of sp³-hybridized carbons (Fsp3) is 0.368. The Kier molecular flexibility index (Phi) is 3.52. The maximum atomic E-state index is 12.5. The second kappa shape index (κ2) is 5.69. The Morgan fingerprint density at radius 2 is 2.17 bits per heavy atom. The van der Waals surface area contributed by atoms with Crippen molar-refractivity contribution in [2.45, 2.75) is 38.1 Å². The van der Waals surface area contributed by atoms with Crippen LogP contribution in [0.5, 0.6) is 5.75 Å². The monoisotopic (exact) mass is 308 g/mol. The first-order valence-corrected chi connectivity index (χ1v) is 8.19. The van der Waals surface area contributed by atoms with Gasteiger partial charge in [0, 0.05) is 23.4 Å². The highest BCUT2D eigenvalue weighted by Crippen LogP contribution is 2.39. The average Bonchev–Trinajstić information content (AvgIpc) is 3.41. The van der Waals surface area contributed by atoms with Crippen LogP contribution < -0.4 is 10.1 Å². The first kappa shape index (κ1) is 14.2. The minimum atomic E-state index is -0.0417. The van der Waals surface area contributed by atoms with Crippen LogP contribution in [0.3, 0.4) is 0 Å². The maximum absolute atomic E-state index is 12.5. The molecule has 1 N–H and O–H groups in total. The average molecular weight is 308 g/mol. The van der Waals surface area contributed by atoms with Crippen molar-refractivity contribution >= 4 is 5.91 Å². The van der Waals surface area contributed by atoms with Crippen LogP contribution in [0.2, 0.25) is 0 Å². The molecule has 1 atom stereocenters. The Bertz CT molecular complexity index is 753. The van der Waals surface area contributed by atoms with Crippen LogP contribution in [0, 0.1) is 6.92 Å². The summed E-state index contributed by atoms with van der Waals surface area (Å²) in [5, 5.41) is 3.10. The van der Waals surface area contributed by atoms with Crippen molar-refractivity contribution in [1.29, 1.82) is 0 Å². The summed E-state index contributed by atoms with van der Waals surface area (Å²) in [6, 6.07) is 9.79. The lowest BCUT2D eigenvalue weighted by Gasteiger charge is -2.27. The number of carbonyl (C=O) groups excluding carboxylic acids is 1. The molecule has 1 aliphatic heterocycles. The summed E-state index contributed by atoms with van der Waals surface area (Å²) in [4.78, 5) is 16.9. The topological polar surface area (TPSA) is 51.2 Å². The summed E-state index contributed by atoms with van der Waals surface area (Å²) in [6.45, 7) is 2.60. The van der Waals surface area contributed by atoms with Gasteiger partial charge in [0.05, 0.1) is 6.04 Å². The summed E-state index contributed by atoms with van der Waals surface area (Å²) in [5.41, 5.74) is 4.13. The SMILES string of the molecule is Cc1cccc2c1CC(NC(=O)c1ccnc(C3CC3)c1)CO2. The Hall–Kier alpha value is -2.36. The van der Waals surface area contributed by atoms with Crippen molar-refractivity contribution in [3.05, 3.63) is 58.9 Å². The Labute approximate surface area is 135 Å². The first-order valence-electron chi connectivity index (χ1n) is 8.19. The van der Waals surface area contributed by atoms with Gasteiger partial charge in [0.25, 0.3) is 5.91 Å². The predicted molar refractivity (Wildman–Crippen MR) is 87.8 cm³/mol. The first-order chi connectivity index (χ1) is 11.2. The smallest absolute Gasteiger partial charge is 0.251 e. The van der Waals surface area contributed by atoms with Crippen molar-refractivity contribution in [3.63, 3.8) is 0 Å². The van der Waals surface area contributed by atoms with Crippen LogP contribution in [0.4, 0.5) is 0 Å². The Balaban J connectivity index is 1.47. The van der Waals surface area contributed by atoms with E-state index in [0.717, 1.165) is 17.9 Å². The van der Waals surface area contributed by atoms with Crippen LogP contribution >= 0.6 is 0 Å². The quantitative estimate of drug-likeness (QED) is 0.948. The molecule has 1 aromatic heterocycles. The van der Waals surface area contributed by atoms with Gasteiger partial charge in [-0.15, -0.1) is 0 Å². The van der Waals surface area contributed by atoms with Crippen molar-refractivity contribution in [2.75, 3.05) is 6.61 Å². The number of hydrogen-bond acceptors (Lipinski definition) is 3. The minimum absolute atomic E-state index is 0.00800. The van der Waals surface area contributed by atoms with Gasteiger partial charge >= 0.3 is 0 Å². The molecule has 0 spiro atoms.